The zero-order chi connectivity index (χ0) is 19.1. The van der Waals surface area contributed by atoms with Gasteiger partial charge in [-0.1, -0.05) is 17.7 Å². The fourth-order valence-electron chi connectivity index (χ4n) is 2.88. The van der Waals surface area contributed by atoms with Crippen LogP contribution in [0.15, 0.2) is 30.6 Å². The molecule has 3 rings (SSSR count). The summed E-state index contributed by atoms with van der Waals surface area (Å²) in [6, 6.07) is 7.58. The van der Waals surface area contributed by atoms with Crippen LogP contribution in [0.4, 0.5) is 23.0 Å². The molecule has 0 amide bonds. The van der Waals surface area contributed by atoms with Crippen molar-refractivity contribution < 1.29 is 9.66 Å². The lowest BCUT2D eigenvalue weighted by molar-refractivity contribution is -0.383. The molecule has 2 N–H and O–H groups in total. The molecule has 9 heteroatoms. The first kappa shape index (κ1) is 19.0. The number of ether oxygens (including phenoxy) is 1. The van der Waals surface area contributed by atoms with Crippen LogP contribution in [0.1, 0.15) is 12.0 Å². The Labute approximate surface area is 157 Å². The number of nitro groups is 1. The zero-order valence-corrected chi connectivity index (χ0v) is 15.4. The summed E-state index contributed by atoms with van der Waals surface area (Å²) < 4.78 is 5.33. The minimum Gasteiger partial charge on any atom is -0.379 e. The molecule has 1 aliphatic heterocycles. The van der Waals surface area contributed by atoms with Crippen LogP contribution >= 0.6 is 0 Å². The molecule has 1 aromatic carbocycles. The largest absolute Gasteiger partial charge is 0.379 e. The van der Waals surface area contributed by atoms with Gasteiger partial charge in [-0.25, -0.2) is 9.97 Å². The number of hydrogen-bond donors (Lipinski definition) is 2. The van der Waals surface area contributed by atoms with E-state index in [1.54, 1.807) is 0 Å². The van der Waals surface area contributed by atoms with Gasteiger partial charge in [0.1, 0.15) is 6.33 Å². The number of aromatic nitrogens is 2. The van der Waals surface area contributed by atoms with Crippen molar-refractivity contribution in [1.29, 1.82) is 0 Å². The summed E-state index contributed by atoms with van der Waals surface area (Å²) in [6.45, 7) is 6.88. The van der Waals surface area contributed by atoms with E-state index in [1.807, 2.05) is 31.2 Å². The highest BCUT2D eigenvalue weighted by molar-refractivity contribution is 5.73. The Balaban J connectivity index is 1.63. The Morgan fingerprint density at radius 3 is 2.59 bits per heavy atom. The van der Waals surface area contributed by atoms with Gasteiger partial charge in [-0.05, 0) is 32.0 Å². The first-order chi connectivity index (χ1) is 13.1. The molecule has 144 valence electrons. The van der Waals surface area contributed by atoms with Gasteiger partial charge in [-0.2, -0.15) is 0 Å². The molecule has 0 aliphatic carbocycles. The molecule has 1 fully saturated rings. The van der Waals surface area contributed by atoms with E-state index in [-0.39, 0.29) is 17.3 Å². The standard InChI is InChI=1S/C18H24N6O3/c1-14-3-5-15(6-4-14)22-18-16(24(25)26)17(20-13-21-18)19-7-2-8-23-9-11-27-12-10-23/h3-6,13H,2,7-12H2,1H3,(H2,19,20,21,22). The molecule has 1 aliphatic rings. The molecule has 0 radical (unpaired) electrons. The summed E-state index contributed by atoms with van der Waals surface area (Å²) in [5.41, 5.74) is 1.70. The topological polar surface area (TPSA) is 105 Å². The minimum atomic E-state index is -0.458. The Morgan fingerprint density at radius 1 is 1.19 bits per heavy atom. The van der Waals surface area contributed by atoms with Crippen molar-refractivity contribution in [3.63, 3.8) is 0 Å². The molecular formula is C18H24N6O3. The van der Waals surface area contributed by atoms with Gasteiger partial charge in [-0.15, -0.1) is 0 Å². The van der Waals surface area contributed by atoms with Crippen molar-refractivity contribution in [3.05, 3.63) is 46.3 Å². The van der Waals surface area contributed by atoms with Crippen LogP contribution in [0.3, 0.4) is 0 Å². The van der Waals surface area contributed by atoms with Crippen LogP contribution in [0.5, 0.6) is 0 Å². The van der Waals surface area contributed by atoms with Crippen LogP contribution in [0, 0.1) is 17.0 Å². The van der Waals surface area contributed by atoms with Crippen LogP contribution in [-0.2, 0) is 4.74 Å². The summed E-state index contributed by atoms with van der Waals surface area (Å²) in [5, 5.41) is 17.7. The van der Waals surface area contributed by atoms with Gasteiger partial charge in [-0.3, -0.25) is 15.0 Å². The summed E-state index contributed by atoms with van der Waals surface area (Å²) in [5.74, 6) is 0.404. The second-order valence-electron chi connectivity index (χ2n) is 6.40. The molecule has 9 nitrogen and oxygen atoms in total. The van der Waals surface area contributed by atoms with E-state index >= 15 is 0 Å². The maximum Gasteiger partial charge on any atom is 0.353 e. The number of nitrogens with zero attached hydrogens (tertiary/aromatic N) is 4. The van der Waals surface area contributed by atoms with E-state index in [4.69, 9.17) is 4.74 Å². The highest BCUT2D eigenvalue weighted by atomic mass is 16.6. The van der Waals surface area contributed by atoms with Gasteiger partial charge in [0.2, 0.25) is 11.6 Å². The van der Waals surface area contributed by atoms with Crippen LogP contribution in [0.25, 0.3) is 0 Å². The molecule has 0 saturated carbocycles. The van der Waals surface area contributed by atoms with Crippen molar-refractivity contribution in [3.8, 4) is 0 Å². The van der Waals surface area contributed by atoms with Crippen molar-refractivity contribution in [1.82, 2.24) is 14.9 Å². The average molecular weight is 372 g/mol. The highest BCUT2D eigenvalue weighted by Gasteiger charge is 2.23. The van der Waals surface area contributed by atoms with Crippen LogP contribution < -0.4 is 10.6 Å². The predicted molar refractivity (Wildman–Crippen MR) is 104 cm³/mol. The Kier molecular flexibility index (Phi) is 6.50. The number of hydrogen-bond acceptors (Lipinski definition) is 8. The molecule has 27 heavy (non-hydrogen) atoms. The molecule has 1 aromatic heterocycles. The van der Waals surface area contributed by atoms with Crippen molar-refractivity contribution in [2.45, 2.75) is 13.3 Å². The number of anilines is 3. The van der Waals surface area contributed by atoms with Gasteiger partial charge in [0.05, 0.1) is 18.1 Å². The summed E-state index contributed by atoms with van der Waals surface area (Å²) in [4.78, 5) is 21.6. The van der Waals surface area contributed by atoms with Gasteiger partial charge < -0.3 is 15.4 Å². The van der Waals surface area contributed by atoms with E-state index < -0.39 is 4.92 Å². The van der Waals surface area contributed by atoms with Crippen molar-refractivity contribution in [2.24, 2.45) is 0 Å². The Morgan fingerprint density at radius 2 is 1.89 bits per heavy atom. The molecule has 2 heterocycles. The van der Waals surface area contributed by atoms with Gasteiger partial charge >= 0.3 is 5.69 Å². The zero-order valence-electron chi connectivity index (χ0n) is 15.4. The summed E-state index contributed by atoms with van der Waals surface area (Å²) in [7, 11) is 0. The monoisotopic (exact) mass is 372 g/mol. The molecule has 2 aromatic rings. The number of morpholine rings is 1. The van der Waals surface area contributed by atoms with E-state index in [2.05, 4.69) is 25.5 Å². The number of rotatable bonds is 8. The maximum atomic E-state index is 11.6. The van der Waals surface area contributed by atoms with E-state index in [1.165, 1.54) is 6.33 Å². The van der Waals surface area contributed by atoms with Gasteiger partial charge in [0, 0.05) is 25.3 Å². The quantitative estimate of drug-likeness (QED) is 0.414. The Bertz CT molecular complexity index is 762. The molecule has 0 unspecified atom stereocenters. The summed E-state index contributed by atoms with van der Waals surface area (Å²) in [6.07, 6.45) is 2.19. The van der Waals surface area contributed by atoms with E-state index in [0.717, 1.165) is 50.5 Å². The first-order valence-electron chi connectivity index (χ1n) is 9.00. The third-order valence-electron chi connectivity index (χ3n) is 4.37. The number of nitrogens with one attached hydrogen (secondary N) is 2. The summed E-state index contributed by atoms with van der Waals surface area (Å²) >= 11 is 0. The fourth-order valence-corrected chi connectivity index (χ4v) is 2.88. The number of aryl methyl sites for hydroxylation is 1. The van der Waals surface area contributed by atoms with E-state index in [9.17, 15) is 10.1 Å². The SMILES string of the molecule is Cc1ccc(Nc2ncnc(NCCCN3CCOCC3)c2[N+](=O)[O-])cc1. The minimum absolute atomic E-state index is 0.149. The molecule has 1 saturated heterocycles. The maximum absolute atomic E-state index is 11.6. The molecule has 0 spiro atoms. The van der Waals surface area contributed by atoms with Crippen molar-refractivity contribution >= 4 is 23.0 Å². The third kappa shape index (κ3) is 5.35. The van der Waals surface area contributed by atoms with Gasteiger partial charge in [0.25, 0.3) is 0 Å². The lowest BCUT2D eigenvalue weighted by atomic mass is 10.2. The van der Waals surface area contributed by atoms with Crippen LogP contribution in [0.2, 0.25) is 0 Å². The molecule has 0 bridgehead atoms. The van der Waals surface area contributed by atoms with E-state index in [0.29, 0.717) is 6.54 Å². The fraction of sp³-hybridized carbons (Fsp3) is 0.444. The normalized spacial score (nSPS) is 14.7. The lowest BCUT2D eigenvalue weighted by Crippen LogP contribution is -2.37. The van der Waals surface area contributed by atoms with Crippen LogP contribution in [-0.4, -0.2) is 59.2 Å². The van der Waals surface area contributed by atoms with Gasteiger partial charge in [0.15, 0.2) is 0 Å². The smallest absolute Gasteiger partial charge is 0.353 e. The first-order valence-corrected chi connectivity index (χ1v) is 9.00. The number of benzene rings is 1. The Hall–Kier alpha value is -2.78. The average Bonchev–Trinajstić information content (AvgIpc) is 2.68. The highest BCUT2D eigenvalue weighted by Crippen LogP contribution is 2.31. The predicted octanol–water partition coefficient (Wildman–Crippen LogP) is 2.57. The van der Waals surface area contributed by atoms with Crippen molar-refractivity contribution in [2.75, 3.05) is 50.0 Å². The molecule has 0 atom stereocenters. The lowest BCUT2D eigenvalue weighted by Gasteiger charge is -2.26. The molecular weight excluding hydrogens is 348 g/mol. The second kappa shape index (κ2) is 9.24. The second-order valence-corrected chi connectivity index (χ2v) is 6.40. The third-order valence-corrected chi connectivity index (χ3v) is 4.37.